The average molecular weight is 208 g/mol. The number of benzene rings is 1. The first kappa shape index (κ1) is 8.90. The quantitative estimate of drug-likeness (QED) is 0.410. The summed E-state index contributed by atoms with van der Waals surface area (Å²) in [6.45, 7) is 0. The molecule has 0 aliphatic heterocycles. The Hall–Kier alpha value is -1.68. The number of fused-ring (bicyclic) bond motifs is 1. The lowest BCUT2D eigenvalue weighted by molar-refractivity contribution is -0.385. The molecule has 0 aliphatic rings. The molecule has 2 aromatic rings. The minimum atomic E-state index is -0.595. The van der Waals surface area contributed by atoms with E-state index in [9.17, 15) is 10.1 Å². The highest BCUT2D eigenvalue weighted by atomic mass is 35.5. The number of nitro groups is 1. The van der Waals surface area contributed by atoms with Crippen molar-refractivity contribution in [1.82, 2.24) is 4.98 Å². The van der Waals surface area contributed by atoms with Crippen molar-refractivity contribution in [3.8, 4) is 0 Å². The smallest absolute Gasteiger partial charge is 0.258 e. The standard InChI is InChI=1S/C9H4ClN2O2/c10-9-8(12(13)14)5-6-3-1-2-4-7(6)11-9/h1-4H. The van der Waals surface area contributed by atoms with Crippen LogP contribution in [0.4, 0.5) is 5.69 Å². The Morgan fingerprint density at radius 3 is 2.86 bits per heavy atom. The number of rotatable bonds is 1. The third-order valence-electron chi connectivity index (χ3n) is 1.75. The second kappa shape index (κ2) is 3.23. The Morgan fingerprint density at radius 2 is 2.14 bits per heavy atom. The second-order valence-corrected chi connectivity index (χ2v) is 3.01. The van der Waals surface area contributed by atoms with Gasteiger partial charge in [0.2, 0.25) is 5.15 Å². The summed E-state index contributed by atoms with van der Waals surface area (Å²) in [5.41, 5.74) is 0.313. The van der Waals surface area contributed by atoms with Gasteiger partial charge in [-0.25, -0.2) is 4.98 Å². The van der Waals surface area contributed by atoms with Gasteiger partial charge in [0, 0.05) is 5.39 Å². The van der Waals surface area contributed by atoms with Crippen LogP contribution in [0.2, 0.25) is 5.15 Å². The number of hydrogen-bond donors (Lipinski definition) is 0. The molecule has 1 aromatic heterocycles. The van der Waals surface area contributed by atoms with Crippen molar-refractivity contribution >= 4 is 28.2 Å². The van der Waals surface area contributed by atoms with Gasteiger partial charge < -0.3 is 0 Å². The Morgan fingerprint density at radius 1 is 1.43 bits per heavy atom. The molecule has 1 heterocycles. The minimum absolute atomic E-state index is 0.131. The Kier molecular flexibility index (Phi) is 2.05. The summed E-state index contributed by atoms with van der Waals surface area (Å²) >= 11 is 5.61. The lowest BCUT2D eigenvalue weighted by atomic mass is 10.2. The van der Waals surface area contributed by atoms with Crippen LogP contribution in [0.25, 0.3) is 10.9 Å². The number of halogens is 1. The first-order chi connectivity index (χ1) is 6.68. The summed E-state index contributed by atoms with van der Waals surface area (Å²) < 4.78 is 0. The second-order valence-electron chi connectivity index (χ2n) is 2.65. The van der Waals surface area contributed by atoms with Crippen molar-refractivity contribution in [1.29, 1.82) is 0 Å². The van der Waals surface area contributed by atoms with Gasteiger partial charge >= 0.3 is 5.69 Å². The van der Waals surface area contributed by atoms with Crippen LogP contribution in [-0.2, 0) is 0 Å². The first-order valence-corrected chi connectivity index (χ1v) is 4.18. The molecule has 0 saturated carbocycles. The summed E-state index contributed by atoms with van der Waals surface area (Å²) in [5, 5.41) is 11.0. The molecule has 0 amide bonds. The molecular weight excluding hydrogens is 204 g/mol. The van der Waals surface area contributed by atoms with E-state index in [4.69, 9.17) is 11.6 Å². The van der Waals surface area contributed by atoms with Crippen molar-refractivity contribution in [2.45, 2.75) is 0 Å². The van der Waals surface area contributed by atoms with Gasteiger partial charge in [0.15, 0.2) is 0 Å². The Balaban J connectivity index is 2.77. The molecule has 0 atom stereocenters. The summed E-state index contributed by atoms with van der Waals surface area (Å²) in [7, 11) is 0. The van der Waals surface area contributed by atoms with E-state index in [0.717, 1.165) is 0 Å². The van der Waals surface area contributed by atoms with Gasteiger partial charge in [0.05, 0.1) is 16.5 Å². The van der Waals surface area contributed by atoms with Gasteiger partial charge in [-0.3, -0.25) is 10.1 Å². The maximum absolute atomic E-state index is 10.5. The predicted octanol–water partition coefficient (Wildman–Crippen LogP) is 2.60. The summed E-state index contributed by atoms with van der Waals surface area (Å²) in [6, 6.07) is 9.57. The Labute approximate surface area is 84.3 Å². The maximum atomic E-state index is 10.5. The molecule has 0 N–H and O–H groups in total. The van der Waals surface area contributed by atoms with E-state index >= 15 is 0 Å². The SMILES string of the molecule is O=[N+]([O-])c1[c]c2ccccc2nc1Cl. The molecule has 69 valence electrons. The number of nitrogens with zero attached hydrogens (tertiary/aromatic N) is 2. The van der Waals surface area contributed by atoms with E-state index in [1.807, 2.05) is 0 Å². The van der Waals surface area contributed by atoms with Crippen molar-refractivity contribution in [3.63, 3.8) is 0 Å². The van der Waals surface area contributed by atoms with Crippen LogP contribution in [0.3, 0.4) is 0 Å². The number of hydrogen-bond acceptors (Lipinski definition) is 3. The van der Waals surface area contributed by atoms with Crippen LogP contribution < -0.4 is 0 Å². The highest BCUT2D eigenvalue weighted by molar-refractivity contribution is 6.31. The largest absolute Gasteiger partial charge is 0.315 e. The summed E-state index contributed by atoms with van der Waals surface area (Å²) in [4.78, 5) is 13.8. The summed E-state index contributed by atoms with van der Waals surface area (Å²) in [6.07, 6.45) is 0. The highest BCUT2D eigenvalue weighted by Gasteiger charge is 2.14. The predicted molar refractivity (Wildman–Crippen MR) is 52.2 cm³/mol. The molecule has 4 nitrogen and oxygen atoms in total. The lowest BCUT2D eigenvalue weighted by Crippen LogP contribution is -1.92. The van der Waals surface area contributed by atoms with Crippen LogP contribution in [0.1, 0.15) is 0 Å². The fourth-order valence-corrected chi connectivity index (χ4v) is 1.34. The molecule has 0 aliphatic carbocycles. The zero-order chi connectivity index (χ0) is 10.1. The van der Waals surface area contributed by atoms with Crippen molar-refractivity contribution in [2.24, 2.45) is 0 Å². The Bertz CT molecular complexity index is 513. The average Bonchev–Trinajstić information content (AvgIpc) is 2.16. The van der Waals surface area contributed by atoms with Gasteiger partial charge in [-0.15, -0.1) is 0 Å². The third kappa shape index (κ3) is 1.40. The van der Waals surface area contributed by atoms with Crippen LogP contribution >= 0.6 is 11.6 Å². The van der Waals surface area contributed by atoms with Crippen LogP contribution in [0, 0.1) is 16.2 Å². The van der Waals surface area contributed by atoms with Crippen LogP contribution in [0.5, 0.6) is 0 Å². The molecule has 14 heavy (non-hydrogen) atoms. The molecule has 0 bridgehead atoms. The minimum Gasteiger partial charge on any atom is -0.258 e. The zero-order valence-corrected chi connectivity index (χ0v) is 7.65. The summed E-state index contributed by atoms with van der Waals surface area (Å²) in [5.74, 6) is 0. The number of pyridine rings is 1. The molecule has 2 rings (SSSR count). The highest BCUT2D eigenvalue weighted by Crippen LogP contribution is 2.25. The molecule has 5 heteroatoms. The first-order valence-electron chi connectivity index (χ1n) is 3.80. The van der Waals surface area contributed by atoms with Crippen LogP contribution in [-0.4, -0.2) is 9.91 Å². The normalized spacial score (nSPS) is 10.4. The lowest BCUT2D eigenvalue weighted by Gasteiger charge is -1.97. The topological polar surface area (TPSA) is 56.0 Å². The molecule has 0 spiro atoms. The van der Waals surface area contributed by atoms with Gasteiger partial charge in [0.25, 0.3) is 0 Å². The van der Waals surface area contributed by atoms with Crippen molar-refractivity contribution in [2.75, 3.05) is 0 Å². The van der Waals surface area contributed by atoms with E-state index in [1.54, 1.807) is 24.3 Å². The zero-order valence-electron chi connectivity index (χ0n) is 6.90. The molecule has 1 radical (unpaired) electrons. The molecule has 1 aromatic carbocycles. The van der Waals surface area contributed by atoms with Gasteiger partial charge in [-0.05, 0) is 6.07 Å². The van der Waals surface area contributed by atoms with E-state index in [1.165, 1.54) is 0 Å². The fraction of sp³-hybridized carbons (Fsp3) is 0. The van der Waals surface area contributed by atoms with E-state index in [-0.39, 0.29) is 10.8 Å². The molecule has 0 unspecified atom stereocenters. The fourth-order valence-electron chi connectivity index (χ4n) is 1.14. The molecular formula is C9H4ClN2O2. The number of para-hydroxylation sites is 1. The number of aromatic nitrogens is 1. The van der Waals surface area contributed by atoms with Crippen molar-refractivity contribution < 1.29 is 4.92 Å². The van der Waals surface area contributed by atoms with Gasteiger partial charge in [0.1, 0.15) is 0 Å². The third-order valence-corrected chi connectivity index (χ3v) is 2.02. The van der Waals surface area contributed by atoms with E-state index in [0.29, 0.717) is 10.9 Å². The van der Waals surface area contributed by atoms with E-state index in [2.05, 4.69) is 11.1 Å². The van der Waals surface area contributed by atoms with E-state index < -0.39 is 4.92 Å². The maximum Gasteiger partial charge on any atom is 0.315 e. The van der Waals surface area contributed by atoms with Gasteiger partial charge in [-0.2, -0.15) is 0 Å². The van der Waals surface area contributed by atoms with Crippen LogP contribution in [0.15, 0.2) is 24.3 Å². The van der Waals surface area contributed by atoms with Gasteiger partial charge in [-0.1, -0.05) is 29.8 Å². The molecule has 0 saturated heterocycles. The van der Waals surface area contributed by atoms with Crippen molar-refractivity contribution in [3.05, 3.63) is 45.6 Å². The monoisotopic (exact) mass is 207 g/mol. The molecule has 0 fully saturated rings.